The Morgan fingerprint density at radius 2 is 2.35 bits per heavy atom. The highest BCUT2D eigenvalue weighted by Crippen LogP contribution is 2.50. The highest BCUT2D eigenvalue weighted by molar-refractivity contribution is 7.10. The van der Waals surface area contributed by atoms with Crippen LogP contribution in [0.4, 0.5) is 0 Å². The van der Waals surface area contributed by atoms with Gasteiger partial charge in [0, 0.05) is 10.8 Å². The lowest BCUT2D eigenvalue weighted by Crippen LogP contribution is -2.25. The molecule has 17 heavy (non-hydrogen) atoms. The minimum absolute atomic E-state index is 0.167. The van der Waals surface area contributed by atoms with Crippen LogP contribution < -0.4 is 0 Å². The van der Waals surface area contributed by atoms with Crippen LogP contribution in [-0.4, -0.2) is 5.78 Å². The first-order valence-corrected chi connectivity index (χ1v) is 7.14. The summed E-state index contributed by atoms with van der Waals surface area (Å²) in [5.41, 5.74) is 0. The molecule has 0 radical (unpaired) electrons. The van der Waals surface area contributed by atoms with Crippen molar-refractivity contribution >= 4 is 17.1 Å². The van der Waals surface area contributed by atoms with E-state index in [0.29, 0.717) is 5.92 Å². The minimum atomic E-state index is -0.514. The van der Waals surface area contributed by atoms with Crippen LogP contribution in [0.5, 0.6) is 0 Å². The van der Waals surface area contributed by atoms with Gasteiger partial charge in [0.1, 0.15) is 5.92 Å². The molecule has 0 aromatic carbocycles. The lowest BCUT2D eigenvalue weighted by molar-refractivity contribution is -0.124. The van der Waals surface area contributed by atoms with Gasteiger partial charge in [-0.05, 0) is 42.5 Å². The second kappa shape index (κ2) is 4.27. The van der Waals surface area contributed by atoms with Gasteiger partial charge in [0.25, 0.3) is 0 Å². The molecule has 0 N–H and O–H groups in total. The maximum atomic E-state index is 12.4. The molecule has 1 aromatic heterocycles. The zero-order valence-corrected chi connectivity index (χ0v) is 10.5. The van der Waals surface area contributed by atoms with Crippen LogP contribution in [0.1, 0.15) is 36.5 Å². The zero-order chi connectivity index (χ0) is 11.8. The van der Waals surface area contributed by atoms with Crippen LogP contribution in [0.3, 0.4) is 0 Å². The van der Waals surface area contributed by atoms with Gasteiger partial charge in [-0.1, -0.05) is 12.5 Å². The molecule has 2 saturated carbocycles. The summed E-state index contributed by atoms with van der Waals surface area (Å²) in [7, 11) is 0. The molecule has 0 amide bonds. The van der Waals surface area contributed by atoms with Crippen LogP contribution in [-0.2, 0) is 4.79 Å². The molecule has 2 nitrogen and oxygen atoms in total. The molecule has 88 valence electrons. The molecule has 0 saturated heterocycles. The Kier molecular flexibility index (Phi) is 2.76. The number of thiophene rings is 1. The van der Waals surface area contributed by atoms with Crippen molar-refractivity contribution in [2.75, 3.05) is 0 Å². The third-order valence-corrected chi connectivity index (χ3v) is 5.28. The summed E-state index contributed by atoms with van der Waals surface area (Å²) in [5.74, 6) is 1.17. The first kappa shape index (κ1) is 11.0. The molecule has 0 spiro atoms. The monoisotopic (exact) mass is 245 g/mol. The third-order valence-electron chi connectivity index (χ3n) is 4.34. The summed E-state index contributed by atoms with van der Waals surface area (Å²) in [4.78, 5) is 13.4. The SMILES string of the molecule is N#CC(C(=O)C1CC2CCC1C2)c1cccs1. The summed E-state index contributed by atoms with van der Waals surface area (Å²) in [6, 6.07) is 6.02. The van der Waals surface area contributed by atoms with Crippen LogP contribution in [0.25, 0.3) is 0 Å². The van der Waals surface area contributed by atoms with E-state index in [9.17, 15) is 10.1 Å². The van der Waals surface area contributed by atoms with Gasteiger partial charge in [-0.2, -0.15) is 5.26 Å². The number of ketones is 1. The van der Waals surface area contributed by atoms with Crippen LogP contribution in [0.2, 0.25) is 0 Å². The second-order valence-corrected chi connectivity index (χ2v) is 6.24. The predicted molar refractivity (Wildman–Crippen MR) is 66.6 cm³/mol. The van der Waals surface area contributed by atoms with Crippen molar-refractivity contribution in [3.05, 3.63) is 22.4 Å². The van der Waals surface area contributed by atoms with Crippen molar-refractivity contribution in [1.82, 2.24) is 0 Å². The number of Topliss-reactive ketones (excluding diaryl/α,β-unsaturated/α-hetero) is 1. The summed E-state index contributed by atoms with van der Waals surface area (Å²) >= 11 is 1.52. The van der Waals surface area contributed by atoms with E-state index in [1.807, 2.05) is 17.5 Å². The van der Waals surface area contributed by atoms with Gasteiger partial charge >= 0.3 is 0 Å². The van der Waals surface area contributed by atoms with E-state index in [-0.39, 0.29) is 11.7 Å². The summed E-state index contributed by atoms with van der Waals surface area (Å²) in [6.45, 7) is 0. The predicted octanol–water partition coefficient (Wildman–Crippen LogP) is 3.36. The zero-order valence-electron chi connectivity index (χ0n) is 9.63. The van der Waals surface area contributed by atoms with Gasteiger partial charge in [-0.15, -0.1) is 11.3 Å². The highest BCUT2D eigenvalue weighted by Gasteiger charge is 2.45. The van der Waals surface area contributed by atoms with Gasteiger partial charge in [0.05, 0.1) is 6.07 Å². The first-order chi connectivity index (χ1) is 8.29. The fraction of sp³-hybridized carbons (Fsp3) is 0.571. The Morgan fingerprint density at radius 1 is 1.47 bits per heavy atom. The first-order valence-electron chi connectivity index (χ1n) is 6.26. The molecular formula is C14H15NOS. The van der Waals surface area contributed by atoms with Crippen molar-refractivity contribution in [2.45, 2.75) is 31.6 Å². The average Bonchev–Trinajstić information content (AvgIpc) is 3.06. The van der Waals surface area contributed by atoms with E-state index in [4.69, 9.17) is 0 Å². The van der Waals surface area contributed by atoms with Crippen LogP contribution in [0, 0.1) is 29.1 Å². The minimum Gasteiger partial charge on any atom is -0.297 e. The van der Waals surface area contributed by atoms with Crippen molar-refractivity contribution in [1.29, 1.82) is 5.26 Å². The Labute approximate surface area is 105 Å². The van der Waals surface area contributed by atoms with Crippen LogP contribution in [0.15, 0.2) is 17.5 Å². The molecule has 3 heteroatoms. The fourth-order valence-electron chi connectivity index (χ4n) is 3.53. The third kappa shape index (κ3) is 1.81. The number of carbonyl (C=O) groups is 1. The maximum Gasteiger partial charge on any atom is 0.158 e. The Hall–Kier alpha value is -1.14. The van der Waals surface area contributed by atoms with Gasteiger partial charge in [0.2, 0.25) is 0 Å². The number of hydrogen-bond donors (Lipinski definition) is 0. The molecule has 4 atom stereocenters. The molecule has 3 rings (SSSR count). The summed E-state index contributed by atoms with van der Waals surface area (Å²) < 4.78 is 0. The van der Waals surface area contributed by atoms with E-state index in [2.05, 4.69) is 6.07 Å². The smallest absolute Gasteiger partial charge is 0.158 e. The summed E-state index contributed by atoms with van der Waals surface area (Å²) in [5, 5.41) is 11.2. The van der Waals surface area contributed by atoms with Gasteiger partial charge in [0.15, 0.2) is 5.78 Å². The van der Waals surface area contributed by atoms with Crippen molar-refractivity contribution in [3.63, 3.8) is 0 Å². The number of nitrogens with zero attached hydrogens (tertiary/aromatic N) is 1. The molecule has 1 aromatic rings. The summed E-state index contributed by atoms with van der Waals surface area (Å²) in [6.07, 6.45) is 4.75. The van der Waals surface area contributed by atoms with E-state index < -0.39 is 5.92 Å². The Morgan fingerprint density at radius 3 is 2.88 bits per heavy atom. The molecule has 2 bridgehead atoms. The maximum absolute atomic E-state index is 12.4. The molecule has 4 unspecified atom stereocenters. The number of carbonyl (C=O) groups excluding carboxylic acids is 1. The average molecular weight is 245 g/mol. The molecular weight excluding hydrogens is 230 g/mol. The van der Waals surface area contributed by atoms with Gasteiger partial charge in [-0.3, -0.25) is 4.79 Å². The Balaban J connectivity index is 1.80. The number of nitriles is 1. The van der Waals surface area contributed by atoms with E-state index in [0.717, 1.165) is 17.2 Å². The lowest BCUT2D eigenvalue weighted by atomic mass is 9.81. The van der Waals surface area contributed by atoms with Crippen molar-refractivity contribution in [2.24, 2.45) is 17.8 Å². The lowest BCUT2D eigenvalue weighted by Gasteiger charge is -2.21. The molecule has 1 heterocycles. The van der Waals surface area contributed by atoms with E-state index >= 15 is 0 Å². The number of rotatable bonds is 3. The second-order valence-electron chi connectivity index (χ2n) is 5.26. The topological polar surface area (TPSA) is 40.9 Å². The highest BCUT2D eigenvalue weighted by atomic mass is 32.1. The fourth-order valence-corrected chi connectivity index (χ4v) is 4.31. The standard InChI is InChI=1S/C14H15NOS/c15-8-12(13-2-1-5-17-13)14(16)11-7-9-3-4-10(11)6-9/h1-2,5,9-12H,3-4,6-7H2. The number of fused-ring (bicyclic) bond motifs is 2. The molecule has 2 fully saturated rings. The Bertz CT molecular complexity index is 459. The number of hydrogen-bond acceptors (Lipinski definition) is 3. The molecule has 0 aliphatic heterocycles. The quantitative estimate of drug-likeness (QED) is 0.819. The normalized spacial score (nSPS) is 32.3. The largest absolute Gasteiger partial charge is 0.297 e. The van der Waals surface area contributed by atoms with Gasteiger partial charge in [-0.25, -0.2) is 0 Å². The molecule has 2 aliphatic rings. The van der Waals surface area contributed by atoms with Gasteiger partial charge < -0.3 is 0 Å². The van der Waals surface area contributed by atoms with Crippen molar-refractivity contribution < 1.29 is 4.79 Å². The van der Waals surface area contributed by atoms with Crippen LogP contribution >= 0.6 is 11.3 Å². The van der Waals surface area contributed by atoms with E-state index in [1.165, 1.54) is 30.6 Å². The molecule has 2 aliphatic carbocycles. The van der Waals surface area contributed by atoms with Crippen molar-refractivity contribution in [3.8, 4) is 6.07 Å². The van der Waals surface area contributed by atoms with E-state index in [1.54, 1.807) is 0 Å².